The Labute approximate surface area is 103 Å². The summed E-state index contributed by atoms with van der Waals surface area (Å²) in [6.45, 7) is 2.05. The summed E-state index contributed by atoms with van der Waals surface area (Å²) in [6.07, 6.45) is -0.114. The summed E-state index contributed by atoms with van der Waals surface area (Å²) in [6, 6.07) is 4.94. The zero-order valence-corrected chi connectivity index (χ0v) is 10.8. The van der Waals surface area contributed by atoms with Crippen LogP contribution in [-0.2, 0) is 9.47 Å². The topological polar surface area (TPSA) is 61.5 Å². The second-order valence-electron chi connectivity index (χ2n) is 3.38. The molecule has 1 unspecified atom stereocenters. The quantitative estimate of drug-likeness (QED) is 0.681. The highest BCUT2D eigenvalue weighted by atomic mass is 79.9. The lowest BCUT2D eigenvalue weighted by Crippen LogP contribution is -2.17. The SMILES string of the molecule is COC(C)COC(=O)c1ccc(Br)c(N)c1. The van der Waals surface area contributed by atoms with E-state index in [9.17, 15) is 4.79 Å². The summed E-state index contributed by atoms with van der Waals surface area (Å²) in [5.41, 5.74) is 6.60. The molecule has 0 saturated carbocycles. The Morgan fingerprint density at radius 1 is 1.56 bits per heavy atom. The van der Waals surface area contributed by atoms with Crippen LogP contribution >= 0.6 is 15.9 Å². The summed E-state index contributed by atoms with van der Waals surface area (Å²) >= 11 is 3.25. The molecule has 1 rings (SSSR count). The van der Waals surface area contributed by atoms with Gasteiger partial charge in [0.05, 0.1) is 11.7 Å². The van der Waals surface area contributed by atoms with Gasteiger partial charge in [-0.2, -0.15) is 0 Å². The molecule has 2 N–H and O–H groups in total. The van der Waals surface area contributed by atoms with Crippen LogP contribution in [0, 0.1) is 0 Å². The number of hydrogen-bond acceptors (Lipinski definition) is 4. The van der Waals surface area contributed by atoms with Crippen LogP contribution in [-0.4, -0.2) is 25.8 Å². The Morgan fingerprint density at radius 2 is 2.25 bits per heavy atom. The number of ether oxygens (including phenoxy) is 2. The van der Waals surface area contributed by atoms with E-state index < -0.39 is 5.97 Å². The number of carbonyl (C=O) groups excluding carboxylic acids is 1. The smallest absolute Gasteiger partial charge is 0.338 e. The van der Waals surface area contributed by atoms with Gasteiger partial charge in [0, 0.05) is 17.3 Å². The highest BCUT2D eigenvalue weighted by Gasteiger charge is 2.10. The van der Waals surface area contributed by atoms with E-state index in [0.29, 0.717) is 11.3 Å². The van der Waals surface area contributed by atoms with Crippen LogP contribution in [0.3, 0.4) is 0 Å². The molecule has 0 aliphatic heterocycles. The molecule has 0 aliphatic carbocycles. The van der Waals surface area contributed by atoms with Crippen molar-refractivity contribution in [3.63, 3.8) is 0 Å². The van der Waals surface area contributed by atoms with E-state index >= 15 is 0 Å². The first-order valence-electron chi connectivity index (χ1n) is 4.79. The molecule has 0 heterocycles. The van der Waals surface area contributed by atoms with Gasteiger partial charge in [-0.1, -0.05) is 0 Å². The van der Waals surface area contributed by atoms with E-state index in [2.05, 4.69) is 15.9 Å². The largest absolute Gasteiger partial charge is 0.459 e. The Morgan fingerprint density at radius 3 is 2.81 bits per heavy atom. The summed E-state index contributed by atoms with van der Waals surface area (Å²) in [4.78, 5) is 11.6. The van der Waals surface area contributed by atoms with E-state index in [1.807, 2.05) is 6.92 Å². The minimum atomic E-state index is -0.400. The number of halogens is 1. The molecule has 0 radical (unpaired) electrons. The minimum absolute atomic E-state index is 0.114. The number of anilines is 1. The van der Waals surface area contributed by atoms with Crippen molar-refractivity contribution in [2.45, 2.75) is 13.0 Å². The van der Waals surface area contributed by atoms with Gasteiger partial charge >= 0.3 is 5.97 Å². The molecule has 0 fully saturated rings. The van der Waals surface area contributed by atoms with Gasteiger partial charge in [-0.05, 0) is 41.1 Å². The lowest BCUT2D eigenvalue weighted by atomic mass is 10.2. The van der Waals surface area contributed by atoms with Crippen molar-refractivity contribution in [1.29, 1.82) is 0 Å². The predicted octanol–water partition coefficient (Wildman–Crippen LogP) is 2.22. The molecule has 88 valence electrons. The number of nitrogens with two attached hydrogens (primary N) is 1. The van der Waals surface area contributed by atoms with Crippen molar-refractivity contribution in [2.24, 2.45) is 0 Å². The summed E-state index contributed by atoms with van der Waals surface area (Å²) in [5, 5.41) is 0. The first kappa shape index (κ1) is 13.0. The first-order chi connectivity index (χ1) is 7.54. The number of esters is 1. The third-order valence-corrected chi connectivity index (χ3v) is 2.81. The highest BCUT2D eigenvalue weighted by molar-refractivity contribution is 9.10. The van der Waals surface area contributed by atoms with Gasteiger partial charge < -0.3 is 15.2 Å². The fourth-order valence-electron chi connectivity index (χ4n) is 1.02. The van der Waals surface area contributed by atoms with Crippen LogP contribution in [0.25, 0.3) is 0 Å². The van der Waals surface area contributed by atoms with E-state index in [4.69, 9.17) is 15.2 Å². The highest BCUT2D eigenvalue weighted by Crippen LogP contribution is 2.20. The molecule has 16 heavy (non-hydrogen) atoms. The maximum Gasteiger partial charge on any atom is 0.338 e. The third kappa shape index (κ3) is 3.50. The zero-order valence-electron chi connectivity index (χ0n) is 9.20. The number of hydrogen-bond donors (Lipinski definition) is 1. The average molecular weight is 288 g/mol. The molecule has 0 aliphatic rings. The van der Waals surface area contributed by atoms with Crippen LogP contribution in [0.4, 0.5) is 5.69 Å². The Balaban J connectivity index is 2.63. The second-order valence-corrected chi connectivity index (χ2v) is 4.24. The van der Waals surface area contributed by atoms with Crippen LogP contribution in [0.5, 0.6) is 0 Å². The van der Waals surface area contributed by atoms with Crippen LogP contribution < -0.4 is 5.73 Å². The molecule has 0 amide bonds. The average Bonchev–Trinajstić information content (AvgIpc) is 2.29. The maximum absolute atomic E-state index is 11.6. The summed E-state index contributed by atoms with van der Waals surface area (Å²) < 4.78 is 10.8. The van der Waals surface area contributed by atoms with Gasteiger partial charge in [0.15, 0.2) is 0 Å². The Kier molecular flexibility index (Phi) is 4.76. The second kappa shape index (κ2) is 5.86. The van der Waals surface area contributed by atoms with Crippen LogP contribution in [0.1, 0.15) is 17.3 Å². The normalized spacial score (nSPS) is 12.2. The molecule has 0 spiro atoms. The van der Waals surface area contributed by atoms with Crippen molar-refractivity contribution >= 4 is 27.6 Å². The van der Waals surface area contributed by atoms with Gasteiger partial charge in [-0.3, -0.25) is 0 Å². The molecule has 5 heteroatoms. The molecule has 1 aromatic carbocycles. The van der Waals surface area contributed by atoms with Gasteiger partial charge in [0.2, 0.25) is 0 Å². The predicted molar refractivity (Wildman–Crippen MR) is 65.3 cm³/mol. The van der Waals surface area contributed by atoms with Crippen LogP contribution in [0.15, 0.2) is 22.7 Å². The van der Waals surface area contributed by atoms with E-state index in [1.54, 1.807) is 25.3 Å². The van der Waals surface area contributed by atoms with Gasteiger partial charge in [0.1, 0.15) is 6.61 Å². The lowest BCUT2D eigenvalue weighted by molar-refractivity contribution is 0.0169. The van der Waals surface area contributed by atoms with Gasteiger partial charge in [-0.15, -0.1) is 0 Å². The molecular weight excluding hydrogens is 274 g/mol. The molecule has 1 atom stereocenters. The van der Waals surface area contributed by atoms with E-state index in [0.717, 1.165) is 4.47 Å². The maximum atomic E-state index is 11.6. The van der Waals surface area contributed by atoms with Crippen LogP contribution in [0.2, 0.25) is 0 Å². The van der Waals surface area contributed by atoms with Crippen molar-refractivity contribution < 1.29 is 14.3 Å². The zero-order chi connectivity index (χ0) is 12.1. The standard InChI is InChI=1S/C11H14BrNO3/c1-7(15-2)6-16-11(14)8-3-4-9(12)10(13)5-8/h3-5,7H,6,13H2,1-2H3. The van der Waals surface area contributed by atoms with E-state index in [1.165, 1.54) is 0 Å². The Bertz CT molecular complexity index is 381. The lowest BCUT2D eigenvalue weighted by Gasteiger charge is -2.10. The third-order valence-electron chi connectivity index (χ3n) is 2.08. The van der Waals surface area contributed by atoms with Crippen molar-refractivity contribution in [1.82, 2.24) is 0 Å². The van der Waals surface area contributed by atoms with Crippen molar-refractivity contribution in [3.05, 3.63) is 28.2 Å². The number of carbonyl (C=O) groups is 1. The number of nitrogen functional groups attached to an aromatic ring is 1. The summed E-state index contributed by atoms with van der Waals surface area (Å²) in [7, 11) is 1.57. The molecule has 4 nitrogen and oxygen atoms in total. The van der Waals surface area contributed by atoms with Gasteiger partial charge in [0.25, 0.3) is 0 Å². The van der Waals surface area contributed by atoms with Crippen molar-refractivity contribution in [3.8, 4) is 0 Å². The monoisotopic (exact) mass is 287 g/mol. The molecule has 0 aromatic heterocycles. The van der Waals surface area contributed by atoms with Crippen molar-refractivity contribution in [2.75, 3.05) is 19.5 Å². The Hall–Kier alpha value is -1.07. The first-order valence-corrected chi connectivity index (χ1v) is 5.59. The molecular formula is C11H14BrNO3. The fourth-order valence-corrected chi connectivity index (χ4v) is 1.26. The summed E-state index contributed by atoms with van der Waals surface area (Å²) in [5.74, 6) is -0.400. The van der Waals surface area contributed by atoms with E-state index in [-0.39, 0.29) is 12.7 Å². The molecule has 0 saturated heterocycles. The number of rotatable bonds is 4. The number of benzene rings is 1. The molecule has 0 bridgehead atoms. The minimum Gasteiger partial charge on any atom is -0.459 e. The van der Waals surface area contributed by atoms with Gasteiger partial charge in [-0.25, -0.2) is 4.79 Å². The number of methoxy groups -OCH3 is 1. The fraction of sp³-hybridized carbons (Fsp3) is 0.364. The molecule has 1 aromatic rings.